The van der Waals surface area contributed by atoms with Gasteiger partial charge in [0, 0.05) is 11.4 Å². The summed E-state index contributed by atoms with van der Waals surface area (Å²) in [5.41, 5.74) is 0.471. The molecule has 110 valence electrons. The summed E-state index contributed by atoms with van der Waals surface area (Å²) in [4.78, 5) is 12.2. The number of amides is 1. The van der Waals surface area contributed by atoms with E-state index in [1.807, 2.05) is 12.1 Å². The SMILES string of the molecule is CCCCOc1ccc(C(=O)NC2(CCl)CCC2)cc1. The summed E-state index contributed by atoms with van der Waals surface area (Å²) in [6.45, 7) is 2.85. The zero-order valence-electron chi connectivity index (χ0n) is 12.0. The molecule has 0 saturated heterocycles. The molecule has 3 nitrogen and oxygen atoms in total. The van der Waals surface area contributed by atoms with Crippen LogP contribution in [-0.4, -0.2) is 23.9 Å². The van der Waals surface area contributed by atoms with E-state index >= 15 is 0 Å². The van der Waals surface area contributed by atoms with Crippen LogP contribution in [0.25, 0.3) is 0 Å². The van der Waals surface area contributed by atoms with Crippen molar-refractivity contribution in [2.75, 3.05) is 12.5 Å². The number of carbonyl (C=O) groups is 1. The molecule has 0 atom stereocenters. The van der Waals surface area contributed by atoms with Gasteiger partial charge in [0.25, 0.3) is 5.91 Å². The van der Waals surface area contributed by atoms with Crippen molar-refractivity contribution in [3.05, 3.63) is 29.8 Å². The highest BCUT2D eigenvalue weighted by Gasteiger charge is 2.37. The van der Waals surface area contributed by atoms with Crippen molar-refractivity contribution < 1.29 is 9.53 Å². The third-order valence-electron chi connectivity index (χ3n) is 3.83. The van der Waals surface area contributed by atoms with E-state index in [1.54, 1.807) is 12.1 Å². The first-order valence-corrected chi connectivity index (χ1v) is 7.84. The molecule has 0 unspecified atom stereocenters. The van der Waals surface area contributed by atoms with Crippen molar-refractivity contribution in [1.82, 2.24) is 5.32 Å². The second kappa shape index (κ2) is 6.98. The molecule has 1 aromatic carbocycles. The maximum atomic E-state index is 12.2. The van der Waals surface area contributed by atoms with Crippen LogP contribution in [0.4, 0.5) is 0 Å². The molecule has 1 aliphatic rings. The lowest BCUT2D eigenvalue weighted by Gasteiger charge is -2.41. The van der Waals surface area contributed by atoms with Gasteiger partial charge in [-0.2, -0.15) is 0 Å². The van der Waals surface area contributed by atoms with Crippen molar-refractivity contribution in [2.24, 2.45) is 0 Å². The second-order valence-corrected chi connectivity index (χ2v) is 5.72. The van der Waals surface area contributed by atoms with Crippen molar-refractivity contribution in [3.8, 4) is 5.75 Å². The number of rotatable bonds is 7. The van der Waals surface area contributed by atoms with Gasteiger partial charge in [0.05, 0.1) is 12.1 Å². The molecule has 0 aromatic heterocycles. The molecule has 1 N–H and O–H groups in total. The van der Waals surface area contributed by atoms with E-state index in [4.69, 9.17) is 16.3 Å². The average molecular weight is 296 g/mol. The van der Waals surface area contributed by atoms with Gasteiger partial charge in [-0.15, -0.1) is 11.6 Å². The Morgan fingerprint density at radius 3 is 2.55 bits per heavy atom. The number of carbonyl (C=O) groups excluding carboxylic acids is 1. The Hall–Kier alpha value is -1.22. The van der Waals surface area contributed by atoms with E-state index in [0.717, 1.165) is 44.5 Å². The molecular formula is C16H22ClNO2. The Kier molecular flexibility index (Phi) is 5.30. The zero-order chi connectivity index (χ0) is 14.4. The highest BCUT2D eigenvalue weighted by Crippen LogP contribution is 2.33. The first-order valence-electron chi connectivity index (χ1n) is 7.30. The predicted molar refractivity (Wildman–Crippen MR) is 81.6 cm³/mol. The molecule has 4 heteroatoms. The summed E-state index contributed by atoms with van der Waals surface area (Å²) in [5.74, 6) is 1.24. The van der Waals surface area contributed by atoms with Crippen LogP contribution in [0.1, 0.15) is 49.4 Å². The molecule has 1 aliphatic carbocycles. The zero-order valence-corrected chi connectivity index (χ0v) is 12.7. The van der Waals surface area contributed by atoms with Gasteiger partial charge < -0.3 is 10.1 Å². The fraction of sp³-hybridized carbons (Fsp3) is 0.562. The molecule has 1 fully saturated rings. The van der Waals surface area contributed by atoms with E-state index in [-0.39, 0.29) is 11.4 Å². The summed E-state index contributed by atoms with van der Waals surface area (Å²) >= 11 is 5.95. The Bertz CT molecular complexity index is 435. The van der Waals surface area contributed by atoms with E-state index in [0.29, 0.717) is 11.4 Å². The largest absolute Gasteiger partial charge is 0.494 e. The molecule has 2 rings (SSSR count). The first kappa shape index (κ1) is 15.2. The van der Waals surface area contributed by atoms with Crippen LogP contribution in [0, 0.1) is 0 Å². The normalized spacial score (nSPS) is 16.3. The van der Waals surface area contributed by atoms with Gasteiger partial charge in [0.1, 0.15) is 5.75 Å². The summed E-state index contributed by atoms with van der Waals surface area (Å²) in [6, 6.07) is 7.30. The van der Waals surface area contributed by atoms with Crippen LogP contribution in [0.15, 0.2) is 24.3 Å². The lowest BCUT2D eigenvalue weighted by Crippen LogP contribution is -2.55. The number of unbranched alkanes of at least 4 members (excludes halogenated alkanes) is 1. The van der Waals surface area contributed by atoms with Gasteiger partial charge in [-0.05, 0) is 49.9 Å². The first-order chi connectivity index (χ1) is 9.69. The maximum absolute atomic E-state index is 12.2. The Morgan fingerprint density at radius 2 is 2.05 bits per heavy atom. The third kappa shape index (κ3) is 3.66. The van der Waals surface area contributed by atoms with Crippen LogP contribution in [-0.2, 0) is 0 Å². The van der Waals surface area contributed by atoms with Gasteiger partial charge in [-0.3, -0.25) is 4.79 Å². The lowest BCUT2D eigenvalue weighted by atomic mass is 9.78. The van der Waals surface area contributed by atoms with Gasteiger partial charge in [-0.1, -0.05) is 13.3 Å². The van der Waals surface area contributed by atoms with Crippen molar-refractivity contribution in [3.63, 3.8) is 0 Å². The highest BCUT2D eigenvalue weighted by molar-refractivity contribution is 6.19. The van der Waals surface area contributed by atoms with E-state index < -0.39 is 0 Å². The predicted octanol–water partition coefficient (Wildman–Crippen LogP) is 3.76. The summed E-state index contributed by atoms with van der Waals surface area (Å²) in [7, 11) is 0. The van der Waals surface area contributed by atoms with E-state index in [1.165, 1.54) is 0 Å². The summed E-state index contributed by atoms with van der Waals surface area (Å²) in [6.07, 6.45) is 5.24. The second-order valence-electron chi connectivity index (χ2n) is 5.45. The monoisotopic (exact) mass is 295 g/mol. The molecular weight excluding hydrogens is 274 g/mol. The van der Waals surface area contributed by atoms with Crippen LogP contribution in [0.3, 0.4) is 0 Å². The van der Waals surface area contributed by atoms with Gasteiger partial charge in [0.2, 0.25) is 0 Å². The molecule has 0 heterocycles. The molecule has 1 amide bonds. The molecule has 20 heavy (non-hydrogen) atoms. The van der Waals surface area contributed by atoms with Crippen molar-refractivity contribution >= 4 is 17.5 Å². The van der Waals surface area contributed by atoms with Gasteiger partial charge in [-0.25, -0.2) is 0 Å². The van der Waals surface area contributed by atoms with Crippen LogP contribution >= 0.6 is 11.6 Å². The number of nitrogens with one attached hydrogen (secondary N) is 1. The lowest BCUT2D eigenvalue weighted by molar-refractivity contribution is 0.0854. The van der Waals surface area contributed by atoms with Gasteiger partial charge in [0.15, 0.2) is 0 Å². The Labute approximate surface area is 125 Å². The number of benzene rings is 1. The summed E-state index contributed by atoms with van der Waals surface area (Å²) in [5, 5.41) is 3.06. The molecule has 1 saturated carbocycles. The van der Waals surface area contributed by atoms with E-state index in [9.17, 15) is 4.79 Å². The minimum atomic E-state index is -0.186. The number of halogens is 1. The quantitative estimate of drug-likeness (QED) is 0.614. The van der Waals surface area contributed by atoms with Crippen LogP contribution < -0.4 is 10.1 Å². The number of hydrogen-bond acceptors (Lipinski definition) is 2. The molecule has 0 aliphatic heterocycles. The number of hydrogen-bond donors (Lipinski definition) is 1. The third-order valence-corrected chi connectivity index (χ3v) is 4.34. The number of alkyl halides is 1. The molecule has 0 radical (unpaired) electrons. The molecule has 1 aromatic rings. The van der Waals surface area contributed by atoms with E-state index in [2.05, 4.69) is 12.2 Å². The smallest absolute Gasteiger partial charge is 0.251 e. The summed E-state index contributed by atoms with van der Waals surface area (Å²) < 4.78 is 5.58. The van der Waals surface area contributed by atoms with Crippen molar-refractivity contribution in [2.45, 2.75) is 44.6 Å². The highest BCUT2D eigenvalue weighted by atomic mass is 35.5. The Morgan fingerprint density at radius 1 is 1.35 bits per heavy atom. The fourth-order valence-electron chi connectivity index (χ4n) is 2.25. The van der Waals surface area contributed by atoms with Crippen LogP contribution in [0.5, 0.6) is 5.75 Å². The van der Waals surface area contributed by atoms with Gasteiger partial charge >= 0.3 is 0 Å². The minimum Gasteiger partial charge on any atom is -0.494 e. The van der Waals surface area contributed by atoms with Crippen LogP contribution in [0.2, 0.25) is 0 Å². The maximum Gasteiger partial charge on any atom is 0.251 e. The van der Waals surface area contributed by atoms with Crippen molar-refractivity contribution in [1.29, 1.82) is 0 Å². The standard InChI is InChI=1S/C16H22ClNO2/c1-2-3-11-20-14-7-5-13(6-8-14)15(19)18-16(12-17)9-4-10-16/h5-8H,2-4,9-12H2,1H3,(H,18,19). The minimum absolute atomic E-state index is 0.0505. The number of ether oxygens (including phenoxy) is 1. The topological polar surface area (TPSA) is 38.3 Å². The average Bonchev–Trinajstić information content (AvgIpc) is 2.44. The fourth-order valence-corrected chi connectivity index (χ4v) is 2.58. The molecule has 0 bridgehead atoms. The Balaban J connectivity index is 1.90. The molecule has 0 spiro atoms.